The number of ether oxygens (including phenoxy) is 1. The topological polar surface area (TPSA) is 44.1 Å². The average molecular weight is 355 g/mol. The fourth-order valence-electron chi connectivity index (χ4n) is 3.40. The Morgan fingerprint density at radius 3 is 2.25 bits per heavy atom. The first-order valence-corrected chi connectivity index (χ1v) is 9.29. The van der Waals surface area contributed by atoms with Gasteiger partial charge in [0, 0.05) is 0 Å². The summed E-state index contributed by atoms with van der Waals surface area (Å²) in [5.74, 6) is 1.72. The zero-order valence-corrected chi connectivity index (χ0v) is 16.6. The summed E-state index contributed by atoms with van der Waals surface area (Å²) in [5.41, 5.74) is -0.306. The van der Waals surface area contributed by atoms with Gasteiger partial charge in [0.15, 0.2) is 10.8 Å². The maximum atomic E-state index is 12.3. The molecule has 0 aromatic carbocycles. The van der Waals surface area contributed by atoms with E-state index >= 15 is 0 Å². The second-order valence-corrected chi connectivity index (χ2v) is 9.48. The number of hydrogen-bond donors (Lipinski definition) is 0. The summed E-state index contributed by atoms with van der Waals surface area (Å²) in [5, 5.41) is 4.34. The summed E-state index contributed by atoms with van der Waals surface area (Å²) in [6, 6.07) is 0. The van der Waals surface area contributed by atoms with E-state index in [0.717, 1.165) is 5.92 Å². The van der Waals surface area contributed by atoms with Crippen molar-refractivity contribution in [1.29, 1.82) is 0 Å². The lowest BCUT2D eigenvalue weighted by atomic mass is 9.70. The highest BCUT2D eigenvalue weighted by Crippen LogP contribution is 2.40. The van der Waals surface area contributed by atoms with Gasteiger partial charge in [0.05, 0.1) is 18.3 Å². The van der Waals surface area contributed by atoms with Gasteiger partial charge in [0.2, 0.25) is 0 Å². The van der Waals surface area contributed by atoms with Crippen LogP contribution in [0.4, 0.5) is 0 Å². The highest BCUT2D eigenvalue weighted by molar-refractivity contribution is 6.31. The van der Waals surface area contributed by atoms with Crippen LogP contribution in [0.5, 0.6) is 5.75 Å². The first kappa shape index (κ1) is 19.3. The SMILES string of the molecule is CC(C)(C)C1CCC(COc2cnn(C(C)(C)C)c(=O)c2Cl)CC1. The van der Waals surface area contributed by atoms with Crippen LogP contribution in [0.3, 0.4) is 0 Å². The number of rotatable bonds is 3. The van der Waals surface area contributed by atoms with Crippen LogP contribution in [0.2, 0.25) is 5.02 Å². The van der Waals surface area contributed by atoms with Gasteiger partial charge < -0.3 is 4.74 Å². The lowest BCUT2D eigenvalue weighted by Gasteiger charge is -2.36. The van der Waals surface area contributed by atoms with Crippen LogP contribution in [-0.4, -0.2) is 16.4 Å². The van der Waals surface area contributed by atoms with Crippen molar-refractivity contribution < 1.29 is 4.74 Å². The van der Waals surface area contributed by atoms with E-state index in [0.29, 0.717) is 23.7 Å². The van der Waals surface area contributed by atoms with Gasteiger partial charge in [-0.2, -0.15) is 5.10 Å². The van der Waals surface area contributed by atoms with Gasteiger partial charge in [-0.15, -0.1) is 0 Å². The van der Waals surface area contributed by atoms with Crippen molar-refractivity contribution in [2.24, 2.45) is 17.3 Å². The number of aromatic nitrogens is 2. The molecule has 1 aromatic heterocycles. The Kier molecular flexibility index (Phi) is 5.68. The van der Waals surface area contributed by atoms with Gasteiger partial charge in [-0.1, -0.05) is 32.4 Å². The van der Waals surface area contributed by atoms with Crippen molar-refractivity contribution in [2.75, 3.05) is 6.61 Å². The van der Waals surface area contributed by atoms with Gasteiger partial charge in [-0.25, -0.2) is 4.68 Å². The number of halogens is 1. The number of hydrogen-bond acceptors (Lipinski definition) is 3. The van der Waals surface area contributed by atoms with Crippen LogP contribution in [0.1, 0.15) is 67.2 Å². The van der Waals surface area contributed by atoms with Crippen molar-refractivity contribution >= 4 is 11.6 Å². The molecule has 0 amide bonds. The van der Waals surface area contributed by atoms with E-state index in [2.05, 4.69) is 25.9 Å². The summed E-state index contributed by atoms with van der Waals surface area (Å²) >= 11 is 6.21. The predicted octanol–water partition coefficient (Wildman–Crippen LogP) is 4.88. The van der Waals surface area contributed by atoms with Crippen LogP contribution in [-0.2, 0) is 5.54 Å². The van der Waals surface area contributed by atoms with Gasteiger partial charge in [0.1, 0.15) is 0 Å². The van der Waals surface area contributed by atoms with Crippen molar-refractivity contribution in [1.82, 2.24) is 9.78 Å². The van der Waals surface area contributed by atoms with E-state index in [9.17, 15) is 4.79 Å². The molecular formula is C19H31ClN2O2. The molecule has 4 nitrogen and oxygen atoms in total. The van der Waals surface area contributed by atoms with Gasteiger partial charge in [-0.3, -0.25) is 4.79 Å². The Hall–Kier alpha value is -1.03. The molecule has 0 radical (unpaired) electrons. The maximum Gasteiger partial charge on any atom is 0.289 e. The summed E-state index contributed by atoms with van der Waals surface area (Å²) in [6.07, 6.45) is 6.40. The summed E-state index contributed by atoms with van der Waals surface area (Å²) in [4.78, 5) is 12.3. The molecule has 1 aliphatic carbocycles. The molecule has 0 aliphatic heterocycles. The molecule has 1 saturated carbocycles. The van der Waals surface area contributed by atoms with Crippen molar-refractivity contribution in [3.63, 3.8) is 0 Å². The fourth-order valence-corrected chi connectivity index (χ4v) is 3.58. The molecule has 136 valence electrons. The number of nitrogens with zero attached hydrogens (tertiary/aromatic N) is 2. The molecule has 0 atom stereocenters. The van der Waals surface area contributed by atoms with E-state index in [1.807, 2.05) is 20.8 Å². The minimum absolute atomic E-state index is 0.128. The zero-order valence-electron chi connectivity index (χ0n) is 15.9. The molecule has 0 unspecified atom stereocenters. The van der Waals surface area contributed by atoms with Gasteiger partial charge in [-0.05, 0) is 63.7 Å². The first-order valence-electron chi connectivity index (χ1n) is 8.91. The average Bonchev–Trinajstić information content (AvgIpc) is 2.47. The molecule has 2 rings (SSSR count). The molecule has 1 fully saturated rings. The Morgan fingerprint density at radius 2 is 1.75 bits per heavy atom. The zero-order chi connectivity index (χ0) is 18.1. The van der Waals surface area contributed by atoms with Crippen LogP contribution in [0.25, 0.3) is 0 Å². The largest absolute Gasteiger partial charge is 0.490 e. The molecule has 5 heteroatoms. The predicted molar refractivity (Wildman–Crippen MR) is 98.9 cm³/mol. The monoisotopic (exact) mass is 354 g/mol. The second-order valence-electron chi connectivity index (χ2n) is 9.11. The molecule has 0 saturated heterocycles. The standard InChI is InChI=1S/C19H31ClN2O2/c1-18(2,3)14-9-7-13(8-10-14)12-24-15-11-21-22(19(4,5)6)17(23)16(15)20/h11,13-14H,7-10,12H2,1-6H3. The third kappa shape index (κ3) is 4.53. The van der Waals surface area contributed by atoms with E-state index in [4.69, 9.17) is 16.3 Å². The van der Waals surface area contributed by atoms with E-state index < -0.39 is 5.54 Å². The summed E-state index contributed by atoms with van der Waals surface area (Å²) in [7, 11) is 0. The van der Waals surface area contributed by atoms with E-state index in [1.54, 1.807) is 6.20 Å². The first-order chi connectivity index (χ1) is 11.0. The minimum atomic E-state index is -0.398. The molecule has 24 heavy (non-hydrogen) atoms. The maximum absolute atomic E-state index is 12.3. The highest BCUT2D eigenvalue weighted by atomic mass is 35.5. The van der Waals surface area contributed by atoms with Crippen molar-refractivity contribution in [3.05, 3.63) is 21.6 Å². The van der Waals surface area contributed by atoms with Crippen LogP contribution < -0.4 is 10.3 Å². The lowest BCUT2D eigenvalue weighted by molar-refractivity contribution is 0.121. The van der Waals surface area contributed by atoms with Crippen molar-refractivity contribution in [2.45, 2.75) is 72.8 Å². The highest BCUT2D eigenvalue weighted by Gasteiger charge is 2.30. The Labute approximate surface area is 150 Å². The molecule has 1 aromatic rings. The van der Waals surface area contributed by atoms with Gasteiger partial charge >= 0.3 is 0 Å². The van der Waals surface area contributed by atoms with E-state index in [-0.39, 0.29) is 10.6 Å². The van der Waals surface area contributed by atoms with E-state index in [1.165, 1.54) is 30.4 Å². The summed E-state index contributed by atoms with van der Waals surface area (Å²) < 4.78 is 7.24. The smallest absolute Gasteiger partial charge is 0.289 e. The Morgan fingerprint density at radius 1 is 1.17 bits per heavy atom. The normalized spacial score (nSPS) is 22.5. The van der Waals surface area contributed by atoms with Gasteiger partial charge in [0.25, 0.3) is 5.56 Å². The summed E-state index contributed by atoms with van der Waals surface area (Å²) in [6.45, 7) is 13.3. The molecular weight excluding hydrogens is 324 g/mol. The Bertz CT molecular complexity index is 618. The second kappa shape index (κ2) is 7.07. The van der Waals surface area contributed by atoms with Crippen LogP contribution in [0, 0.1) is 17.3 Å². The molecule has 0 N–H and O–H groups in total. The fraction of sp³-hybridized carbons (Fsp3) is 0.789. The Balaban J connectivity index is 1.97. The molecule has 1 heterocycles. The lowest BCUT2D eigenvalue weighted by Crippen LogP contribution is -2.36. The molecule has 0 bridgehead atoms. The third-order valence-electron chi connectivity index (χ3n) is 5.07. The molecule has 0 spiro atoms. The quantitative estimate of drug-likeness (QED) is 0.776. The minimum Gasteiger partial charge on any atom is -0.490 e. The van der Waals surface area contributed by atoms with Crippen LogP contribution in [0.15, 0.2) is 11.0 Å². The molecule has 1 aliphatic rings. The van der Waals surface area contributed by atoms with Crippen molar-refractivity contribution in [3.8, 4) is 5.75 Å². The van der Waals surface area contributed by atoms with Crippen LogP contribution >= 0.6 is 11.6 Å². The third-order valence-corrected chi connectivity index (χ3v) is 5.42.